The molecule has 0 saturated heterocycles. The van der Waals surface area contributed by atoms with Gasteiger partial charge >= 0.3 is 5.97 Å². The van der Waals surface area contributed by atoms with Crippen LogP contribution < -0.4 is 0 Å². The van der Waals surface area contributed by atoms with Crippen molar-refractivity contribution in [3.05, 3.63) is 29.2 Å². The van der Waals surface area contributed by atoms with Crippen LogP contribution in [0.4, 0.5) is 0 Å². The van der Waals surface area contributed by atoms with E-state index >= 15 is 0 Å². The molecule has 0 radical (unpaired) electrons. The molecule has 0 atom stereocenters. The first-order chi connectivity index (χ1) is 8.63. The average molecular weight is 265 g/mol. The van der Waals surface area contributed by atoms with Gasteiger partial charge < -0.3 is 13.7 Å². The number of furan rings is 1. The molecule has 3 aromatic heterocycles. The summed E-state index contributed by atoms with van der Waals surface area (Å²) in [6.45, 7) is 0. The van der Waals surface area contributed by atoms with E-state index in [9.17, 15) is 4.79 Å². The van der Waals surface area contributed by atoms with Gasteiger partial charge in [-0.25, -0.2) is 9.78 Å². The minimum atomic E-state index is -0.419. The van der Waals surface area contributed by atoms with E-state index in [2.05, 4.69) is 4.98 Å². The number of carbonyl (C=O) groups excluding carboxylic acids is 1. The van der Waals surface area contributed by atoms with Gasteiger partial charge in [0.2, 0.25) is 0 Å². The molecule has 0 aromatic carbocycles. The van der Waals surface area contributed by atoms with Crippen molar-refractivity contribution >= 4 is 39.6 Å². The highest BCUT2D eigenvalue weighted by atomic mass is 35.5. The van der Waals surface area contributed by atoms with E-state index in [1.165, 1.54) is 7.11 Å². The van der Waals surface area contributed by atoms with Crippen molar-refractivity contribution < 1.29 is 13.9 Å². The number of aromatic nitrogens is 2. The predicted octanol–water partition coefficient (Wildman–Crippen LogP) is 2.76. The fourth-order valence-electron chi connectivity index (χ4n) is 2.08. The number of halogens is 1. The number of methoxy groups -OCH3 is 1. The fraction of sp³-hybridized carbons (Fsp3) is 0.167. The minimum Gasteiger partial charge on any atom is -0.464 e. The number of rotatable bonds is 1. The monoisotopic (exact) mass is 264 g/mol. The smallest absolute Gasteiger partial charge is 0.354 e. The molecule has 0 bridgehead atoms. The Bertz CT molecular complexity index is 772. The number of hydrogen-bond acceptors (Lipinski definition) is 4. The standard InChI is InChI=1S/C12H9ClN2O3/c1-15-6(12(16)17-2)5-8-10(15)9-7(18-8)3-4-14-11(9)13/h3-5H,1-2H3. The van der Waals surface area contributed by atoms with Gasteiger partial charge in [-0.15, -0.1) is 0 Å². The SMILES string of the molecule is COC(=O)c1cc2oc3ccnc(Cl)c3c2n1C. The molecule has 0 aliphatic heterocycles. The molecule has 92 valence electrons. The zero-order valence-electron chi connectivity index (χ0n) is 9.73. The van der Waals surface area contributed by atoms with Crippen molar-refractivity contribution in [1.29, 1.82) is 0 Å². The molecule has 3 heterocycles. The Hall–Kier alpha value is -2.01. The molecule has 0 saturated carbocycles. The van der Waals surface area contributed by atoms with Gasteiger partial charge in [0.1, 0.15) is 16.4 Å². The van der Waals surface area contributed by atoms with Gasteiger partial charge in [-0.05, 0) is 6.07 Å². The first-order valence-electron chi connectivity index (χ1n) is 5.24. The zero-order valence-corrected chi connectivity index (χ0v) is 10.5. The Morgan fingerprint density at radius 1 is 1.50 bits per heavy atom. The molecule has 5 nitrogen and oxygen atoms in total. The van der Waals surface area contributed by atoms with Crippen LogP contribution >= 0.6 is 11.6 Å². The normalized spacial score (nSPS) is 11.3. The van der Waals surface area contributed by atoms with Crippen molar-refractivity contribution in [1.82, 2.24) is 9.55 Å². The number of hydrogen-bond donors (Lipinski definition) is 0. The molecule has 0 aliphatic carbocycles. The van der Waals surface area contributed by atoms with Gasteiger partial charge in [0.05, 0.1) is 18.0 Å². The van der Waals surface area contributed by atoms with Gasteiger partial charge in [-0.3, -0.25) is 0 Å². The van der Waals surface area contributed by atoms with Crippen molar-refractivity contribution in [2.24, 2.45) is 7.05 Å². The molecule has 18 heavy (non-hydrogen) atoms. The number of pyridine rings is 1. The fourth-order valence-corrected chi connectivity index (χ4v) is 2.32. The zero-order chi connectivity index (χ0) is 12.9. The van der Waals surface area contributed by atoms with Crippen molar-refractivity contribution in [3.8, 4) is 0 Å². The van der Waals surface area contributed by atoms with Crippen LogP contribution in [0.15, 0.2) is 22.7 Å². The van der Waals surface area contributed by atoms with E-state index in [1.54, 1.807) is 29.9 Å². The first kappa shape index (κ1) is 11.1. The quantitative estimate of drug-likeness (QED) is 0.501. The van der Waals surface area contributed by atoms with Crippen LogP contribution in [-0.4, -0.2) is 22.6 Å². The number of ether oxygens (including phenoxy) is 1. The molecular formula is C12H9ClN2O3. The summed E-state index contributed by atoms with van der Waals surface area (Å²) in [4.78, 5) is 15.6. The minimum absolute atomic E-state index is 0.351. The highest BCUT2D eigenvalue weighted by Crippen LogP contribution is 2.34. The maximum absolute atomic E-state index is 11.6. The van der Waals surface area contributed by atoms with Gasteiger partial charge in [-0.2, -0.15) is 0 Å². The van der Waals surface area contributed by atoms with E-state index in [-0.39, 0.29) is 0 Å². The molecule has 0 amide bonds. The second-order valence-electron chi connectivity index (χ2n) is 3.87. The summed E-state index contributed by atoms with van der Waals surface area (Å²) in [5, 5.41) is 1.05. The van der Waals surface area contributed by atoms with E-state index in [0.29, 0.717) is 27.4 Å². The van der Waals surface area contributed by atoms with Crippen LogP contribution in [0.1, 0.15) is 10.5 Å². The van der Waals surface area contributed by atoms with Gasteiger partial charge in [0, 0.05) is 19.3 Å². The van der Waals surface area contributed by atoms with E-state index in [0.717, 1.165) is 5.52 Å². The van der Waals surface area contributed by atoms with Gasteiger partial charge in [0.15, 0.2) is 5.58 Å². The van der Waals surface area contributed by atoms with E-state index < -0.39 is 5.97 Å². The third-order valence-electron chi connectivity index (χ3n) is 2.92. The molecule has 0 unspecified atom stereocenters. The highest BCUT2D eigenvalue weighted by Gasteiger charge is 2.20. The molecular weight excluding hydrogens is 256 g/mol. The second-order valence-corrected chi connectivity index (χ2v) is 4.23. The lowest BCUT2D eigenvalue weighted by Gasteiger charge is -2.01. The summed E-state index contributed by atoms with van der Waals surface area (Å²) in [6.07, 6.45) is 1.58. The van der Waals surface area contributed by atoms with Gasteiger partial charge in [0.25, 0.3) is 0 Å². The number of fused-ring (bicyclic) bond motifs is 3. The average Bonchev–Trinajstić information content (AvgIpc) is 2.86. The van der Waals surface area contributed by atoms with Crippen LogP contribution in [-0.2, 0) is 11.8 Å². The molecule has 0 fully saturated rings. The van der Waals surface area contributed by atoms with Crippen LogP contribution in [0.25, 0.3) is 22.1 Å². The van der Waals surface area contributed by atoms with Crippen LogP contribution in [0.2, 0.25) is 5.15 Å². The molecule has 0 aliphatic rings. The second kappa shape index (κ2) is 3.74. The highest BCUT2D eigenvalue weighted by molar-refractivity contribution is 6.36. The Morgan fingerprint density at radius 3 is 3.00 bits per heavy atom. The molecule has 0 spiro atoms. The Kier molecular flexibility index (Phi) is 2.31. The van der Waals surface area contributed by atoms with Gasteiger partial charge in [-0.1, -0.05) is 11.6 Å². The first-order valence-corrected chi connectivity index (χ1v) is 5.62. The lowest BCUT2D eigenvalue weighted by Crippen LogP contribution is -2.07. The lowest BCUT2D eigenvalue weighted by atomic mass is 10.3. The van der Waals surface area contributed by atoms with E-state index in [1.807, 2.05) is 0 Å². The Labute approximate surface area is 107 Å². The summed E-state index contributed by atoms with van der Waals surface area (Å²) < 4.78 is 12.0. The molecule has 6 heteroatoms. The number of carbonyl (C=O) groups is 1. The van der Waals surface area contributed by atoms with Crippen LogP contribution in [0.5, 0.6) is 0 Å². The number of esters is 1. The number of nitrogens with zero attached hydrogens (tertiary/aromatic N) is 2. The summed E-state index contributed by atoms with van der Waals surface area (Å²) in [5.74, 6) is -0.419. The molecule has 3 rings (SSSR count). The van der Waals surface area contributed by atoms with Crippen LogP contribution in [0, 0.1) is 0 Å². The maximum Gasteiger partial charge on any atom is 0.354 e. The van der Waals surface area contributed by atoms with Crippen LogP contribution in [0.3, 0.4) is 0 Å². The Balaban J connectivity index is 2.43. The summed E-state index contributed by atoms with van der Waals surface area (Å²) in [7, 11) is 3.09. The summed E-state index contributed by atoms with van der Waals surface area (Å²) in [6, 6.07) is 3.37. The number of aryl methyl sites for hydroxylation is 1. The summed E-state index contributed by atoms with van der Waals surface area (Å²) in [5.41, 5.74) is 2.38. The third kappa shape index (κ3) is 1.34. The predicted molar refractivity (Wildman–Crippen MR) is 66.8 cm³/mol. The lowest BCUT2D eigenvalue weighted by molar-refractivity contribution is 0.0590. The van der Waals surface area contributed by atoms with E-state index in [4.69, 9.17) is 20.8 Å². The van der Waals surface area contributed by atoms with Crippen molar-refractivity contribution in [2.75, 3.05) is 7.11 Å². The molecule has 0 N–H and O–H groups in total. The maximum atomic E-state index is 11.6. The van der Waals surface area contributed by atoms with Crippen molar-refractivity contribution in [2.45, 2.75) is 0 Å². The third-order valence-corrected chi connectivity index (χ3v) is 3.20. The summed E-state index contributed by atoms with van der Waals surface area (Å²) >= 11 is 6.07. The molecule has 3 aromatic rings. The largest absolute Gasteiger partial charge is 0.464 e. The van der Waals surface area contributed by atoms with Crippen molar-refractivity contribution in [3.63, 3.8) is 0 Å². The Morgan fingerprint density at radius 2 is 2.28 bits per heavy atom. The topological polar surface area (TPSA) is 57.3 Å².